The summed E-state index contributed by atoms with van der Waals surface area (Å²) in [5, 5.41) is -0.414. The molecule has 0 spiro atoms. The van der Waals surface area contributed by atoms with Gasteiger partial charge in [-0.2, -0.15) is 0 Å². The van der Waals surface area contributed by atoms with E-state index in [0.29, 0.717) is 13.2 Å². The van der Waals surface area contributed by atoms with Gasteiger partial charge >= 0.3 is 0 Å². The zero-order valence-electron chi connectivity index (χ0n) is 17.4. The number of nitrogens with one attached hydrogen (secondary N) is 1. The minimum atomic E-state index is -3.22. The molecule has 1 N–H and O–H groups in total. The fourth-order valence-corrected chi connectivity index (χ4v) is 3.06. The molecular weight excluding hydrogens is 372 g/mol. The Labute approximate surface area is 174 Å². The summed E-state index contributed by atoms with van der Waals surface area (Å²) in [6, 6.07) is 7.92. The van der Waals surface area contributed by atoms with Crippen molar-refractivity contribution in [2.45, 2.75) is 79.5 Å². The van der Waals surface area contributed by atoms with Crippen LogP contribution in [0.1, 0.15) is 74.3 Å². The van der Waals surface area contributed by atoms with E-state index >= 15 is 0 Å². The van der Waals surface area contributed by atoms with Gasteiger partial charge < -0.3 is 9.64 Å². The number of ether oxygens (including phenoxy) is 1. The van der Waals surface area contributed by atoms with E-state index in [1.54, 1.807) is 13.8 Å². The molecule has 0 bridgehead atoms. The van der Waals surface area contributed by atoms with Crippen LogP contribution in [-0.2, 0) is 10.0 Å². The van der Waals surface area contributed by atoms with E-state index in [4.69, 9.17) is 4.74 Å². The van der Waals surface area contributed by atoms with Crippen molar-refractivity contribution in [2.24, 2.45) is 0 Å². The Hall–Kier alpha value is -1.11. The summed E-state index contributed by atoms with van der Waals surface area (Å²) in [6.45, 7) is 14.1. The highest BCUT2D eigenvalue weighted by Gasteiger charge is 2.17. The van der Waals surface area contributed by atoms with Gasteiger partial charge in [0.05, 0.1) is 11.9 Å². The maximum Gasteiger partial charge on any atom is 0.213 e. The molecule has 0 fully saturated rings. The number of hydrogen-bond acceptors (Lipinski definition) is 4. The maximum atomic E-state index is 11.8. The Morgan fingerprint density at radius 1 is 1.07 bits per heavy atom. The molecule has 0 saturated heterocycles. The van der Waals surface area contributed by atoms with E-state index in [0.717, 1.165) is 24.3 Å². The number of benzene rings is 1. The molecule has 28 heavy (non-hydrogen) atoms. The first kappa shape index (κ1) is 29.1. The van der Waals surface area contributed by atoms with Gasteiger partial charge in [0.25, 0.3) is 0 Å². The number of rotatable bonds is 10. The lowest BCUT2D eigenvalue weighted by molar-refractivity contribution is 0.161. The van der Waals surface area contributed by atoms with E-state index in [9.17, 15) is 8.42 Å². The molecule has 1 atom stereocenters. The monoisotopic (exact) mass is 416 g/mol. The van der Waals surface area contributed by atoms with E-state index in [2.05, 4.69) is 37.4 Å². The van der Waals surface area contributed by atoms with Gasteiger partial charge in [0, 0.05) is 18.6 Å². The normalized spacial score (nSPS) is 13.0. The highest BCUT2D eigenvalue weighted by Crippen LogP contribution is 2.19. The van der Waals surface area contributed by atoms with Gasteiger partial charge in [0.15, 0.2) is 0 Å². The third-order valence-corrected chi connectivity index (χ3v) is 6.52. The van der Waals surface area contributed by atoms with Gasteiger partial charge in [-0.05, 0) is 71.7 Å². The summed E-state index contributed by atoms with van der Waals surface area (Å²) in [4.78, 5) is 2.32. The fraction of sp³-hybridized carbons (Fsp3) is 0.727. The Balaban J connectivity index is 0. The van der Waals surface area contributed by atoms with Crippen molar-refractivity contribution in [3.8, 4) is 5.75 Å². The minimum absolute atomic E-state index is 0. The predicted molar refractivity (Wildman–Crippen MR) is 123 cm³/mol. The van der Waals surface area contributed by atoms with Crippen LogP contribution < -0.4 is 9.46 Å². The summed E-state index contributed by atoms with van der Waals surface area (Å²) in [7, 11) is -1.09. The van der Waals surface area contributed by atoms with Crippen LogP contribution in [0.15, 0.2) is 24.3 Å². The maximum absolute atomic E-state index is 11.8. The third kappa shape index (κ3) is 9.89. The molecular formula is C22H44N2O3S. The lowest BCUT2D eigenvalue weighted by Gasteiger charge is -2.31. The molecule has 1 aromatic rings. The van der Waals surface area contributed by atoms with E-state index < -0.39 is 15.3 Å². The van der Waals surface area contributed by atoms with Gasteiger partial charge in [0.1, 0.15) is 5.75 Å². The number of sulfonamides is 1. The predicted octanol–water partition coefficient (Wildman–Crippen LogP) is 4.89. The van der Waals surface area contributed by atoms with Gasteiger partial charge in [-0.1, -0.05) is 33.9 Å². The van der Waals surface area contributed by atoms with Crippen LogP contribution in [0.5, 0.6) is 5.75 Å². The fourth-order valence-electron chi connectivity index (χ4n) is 2.25. The molecule has 5 nitrogen and oxygen atoms in total. The average molecular weight is 417 g/mol. The van der Waals surface area contributed by atoms with Crippen LogP contribution in [0, 0.1) is 0 Å². The Morgan fingerprint density at radius 2 is 1.61 bits per heavy atom. The Morgan fingerprint density at radius 3 is 2.07 bits per heavy atom. The highest BCUT2D eigenvalue weighted by molar-refractivity contribution is 7.90. The van der Waals surface area contributed by atoms with Crippen LogP contribution in [0.3, 0.4) is 0 Å². The van der Waals surface area contributed by atoms with Crippen molar-refractivity contribution >= 4 is 10.0 Å². The van der Waals surface area contributed by atoms with Gasteiger partial charge in [-0.3, -0.25) is 0 Å². The van der Waals surface area contributed by atoms with Gasteiger partial charge in [-0.15, -0.1) is 0 Å². The molecule has 1 aromatic carbocycles. The summed E-state index contributed by atoms with van der Waals surface area (Å²) >= 11 is 0. The average Bonchev–Trinajstić information content (AvgIpc) is 2.56. The summed E-state index contributed by atoms with van der Waals surface area (Å²) in [6.07, 6.45) is 0.975. The smallest absolute Gasteiger partial charge is 0.213 e. The molecule has 0 aliphatic heterocycles. The number of nitrogens with zero attached hydrogens (tertiary/aromatic N) is 1. The Bertz CT molecular complexity index is 635. The molecule has 166 valence electrons. The molecule has 0 aromatic heterocycles. The van der Waals surface area contributed by atoms with Crippen molar-refractivity contribution in [2.75, 3.05) is 26.7 Å². The highest BCUT2D eigenvalue weighted by atomic mass is 32.2. The standard InChI is InChI=1S/C20H36N2O3S.2CH4/c1-16(2)26(23,24)21-15-17(3)18-9-11-19(12-10-18)25-14-8-13-22(7)20(4,5)6;;/h9-12,16-17,21H,8,13-15H2,1-7H3;2*1H4. The lowest BCUT2D eigenvalue weighted by atomic mass is 10.0. The van der Waals surface area contributed by atoms with Gasteiger partial charge in [-0.25, -0.2) is 13.1 Å². The number of hydrogen-bond donors (Lipinski definition) is 1. The minimum Gasteiger partial charge on any atom is -0.494 e. The second-order valence-electron chi connectivity index (χ2n) is 8.21. The Kier molecular flexibility index (Phi) is 12.9. The van der Waals surface area contributed by atoms with Crippen LogP contribution in [0.4, 0.5) is 0 Å². The third-order valence-electron chi connectivity index (χ3n) is 4.71. The zero-order valence-corrected chi connectivity index (χ0v) is 18.2. The summed E-state index contributed by atoms with van der Waals surface area (Å²) < 4.78 is 32.2. The van der Waals surface area contributed by atoms with Gasteiger partial charge in [0.2, 0.25) is 10.0 Å². The van der Waals surface area contributed by atoms with E-state index in [-0.39, 0.29) is 26.3 Å². The van der Waals surface area contributed by atoms with Crippen LogP contribution in [0.25, 0.3) is 0 Å². The molecule has 1 rings (SSSR count). The second kappa shape index (κ2) is 12.5. The topological polar surface area (TPSA) is 58.6 Å². The van der Waals surface area contributed by atoms with E-state index in [1.807, 2.05) is 31.2 Å². The first-order valence-corrected chi connectivity index (χ1v) is 10.9. The first-order valence-electron chi connectivity index (χ1n) is 9.36. The van der Waals surface area contributed by atoms with Crippen molar-refractivity contribution < 1.29 is 13.2 Å². The van der Waals surface area contributed by atoms with Crippen LogP contribution >= 0.6 is 0 Å². The largest absolute Gasteiger partial charge is 0.494 e. The first-order chi connectivity index (χ1) is 11.9. The molecule has 0 aliphatic carbocycles. The molecule has 0 heterocycles. The molecule has 0 amide bonds. The molecule has 1 unspecified atom stereocenters. The molecule has 0 saturated carbocycles. The van der Waals surface area contributed by atoms with Crippen molar-refractivity contribution in [3.05, 3.63) is 29.8 Å². The van der Waals surface area contributed by atoms with Crippen molar-refractivity contribution in [1.29, 1.82) is 0 Å². The SMILES string of the molecule is C.C.CC(CNS(=O)(=O)C(C)C)c1ccc(OCCCN(C)C(C)(C)C)cc1. The molecule has 0 radical (unpaired) electrons. The zero-order chi connectivity index (χ0) is 20.0. The van der Waals surface area contributed by atoms with Crippen molar-refractivity contribution in [1.82, 2.24) is 9.62 Å². The second-order valence-corrected chi connectivity index (χ2v) is 10.5. The van der Waals surface area contributed by atoms with Crippen LogP contribution in [0.2, 0.25) is 0 Å². The summed E-state index contributed by atoms with van der Waals surface area (Å²) in [5.41, 5.74) is 1.27. The van der Waals surface area contributed by atoms with E-state index in [1.165, 1.54) is 0 Å². The lowest BCUT2D eigenvalue weighted by Crippen LogP contribution is -2.39. The molecule has 0 aliphatic rings. The van der Waals surface area contributed by atoms with Crippen LogP contribution in [-0.4, -0.2) is 50.9 Å². The molecule has 6 heteroatoms. The summed E-state index contributed by atoms with van der Waals surface area (Å²) in [5.74, 6) is 0.958. The van der Waals surface area contributed by atoms with Crippen molar-refractivity contribution in [3.63, 3.8) is 0 Å². The quantitative estimate of drug-likeness (QED) is 0.552.